The molecule has 1 atom stereocenters. The summed E-state index contributed by atoms with van der Waals surface area (Å²) >= 11 is 0. The van der Waals surface area contributed by atoms with E-state index < -0.39 is 0 Å². The highest BCUT2D eigenvalue weighted by atomic mass is 16.5. The molecule has 2 aromatic rings. The fraction of sp³-hybridized carbons (Fsp3) is 0.278. The van der Waals surface area contributed by atoms with Gasteiger partial charge in [-0.05, 0) is 55.8 Å². The van der Waals surface area contributed by atoms with E-state index in [-0.39, 0.29) is 6.04 Å². The van der Waals surface area contributed by atoms with E-state index in [4.69, 9.17) is 10.00 Å². The minimum atomic E-state index is 0.282. The van der Waals surface area contributed by atoms with Crippen LogP contribution >= 0.6 is 0 Å². The molecule has 2 aromatic carbocycles. The first-order valence-corrected chi connectivity index (χ1v) is 7.16. The molecule has 21 heavy (non-hydrogen) atoms. The van der Waals surface area contributed by atoms with E-state index in [1.165, 1.54) is 5.56 Å². The highest BCUT2D eigenvalue weighted by Gasteiger charge is 2.07. The molecule has 0 aliphatic rings. The van der Waals surface area contributed by atoms with Gasteiger partial charge in [0.15, 0.2) is 0 Å². The summed E-state index contributed by atoms with van der Waals surface area (Å²) in [5.74, 6) is 1.51. The Morgan fingerprint density at radius 3 is 2.76 bits per heavy atom. The van der Waals surface area contributed by atoms with Crippen molar-refractivity contribution < 1.29 is 4.74 Å². The lowest BCUT2D eigenvalue weighted by atomic mass is 10.1. The van der Waals surface area contributed by atoms with E-state index in [0.29, 0.717) is 5.56 Å². The maximum absolute atomic E-state index is 8.98. The number of hydrogen-bond donors (Lipinski definition) is 1. The molecule has 0 amide bonds. The topological polar surface area (TPSA) is 45.0 Å². The Bertz CT molecular complexity index is 659. The van der Waals surface area contributed by atoms with Crippen LogP contribution in [0.3, 0.4) is 0 Å². The number of rotatable bonds is 5. The average molecular weight is 280 g/mol. The van der Waals surface area contributed by atoms with Crippen molar-refractivity contribution in [2.45, 2.75) is 26.8 Å². The van der Waals surface area contributed by atoms with Gasteiger partial charge in [-0.3, -0.25) is 0 Å². The Morgan fingerprint density at radius 1 is 1.24 bits per heavy atom. The van der Waals surface area contributed by atoms with Crippen LogP contribution in [0.5, 0.6) is 11.5 Å². The molecule has 0 radical (unpaired) electrons. The van der Waals surface area contributed by atoms with Crippen LogP contribution in [0.2, 0.25) is 0 Å². The summed E-state index contributed by atoms with van der Waals surface area (Å²) in [6.45, 7) is 7.12. The van der Waals surface area contributed by atoms with Crippen molar-refractivity contribution in [1.29, 1.82) is 5.26 Å². The normalized spacial score (nSPS) is 11.7. The molecule has 0 spiro atoms. The quantitative estimate of drug-likeness (QED) is 0.886. The van der Waals surface area contributed by atoms with Gasteiger partial charge in [0.2, 0.25) is 0 Å². The molecule has 0 fully saturated rings. The van der Waals surface area contributed by atoms with Crippen LogP contribution in [-0.4, -0.2) is 6.54 Å². The minimum absolute atomic E-state index is 0.282. The standard InChI is InChI=1S/C18H20N2O/c1-4-20-14(3)16-6-5-7-17(11-16)21-18-10-15(12-19)9-8-13(18)2/h5-11,14,20H,4H2,1-3H3. The summed E-state index contributed by atoms with van der Waals surface area (Å²) < 4.78 is 5.94. The Kier molecular flexibility index (Phi) is 4.97. The summed E-state index contributed by atoms with van der Waals surface area (Å²) in [6, 6.07) is 15.9. The molecule has 108 valence electrons. The SMILES string of the molecule is CCNC(C)c1cccc(Oc2cc(C#N)ccc2C)c1. The maximum atomic E-state index is 8.98. The number of ether oxygens (including phenoxy) is 1. The lowest BCUT2D eigenvalue weighted by Gasteiger charge is -2.15. The van der Waals surface area contributed by atoms with Gasteiger partial charge in [0, 0.05) is 6.04 Å². The third-order valence-electron chi connectivity index (χ3n) is 3.41. The highest BCUT2D eigenvalue weighted by molar-refractivity contribution is 5.44. The van der Waals surface area contributed by atoms with Crippen LogP contribution < -0.4 is 10.1 Å². The van der Waals surface area contributed by atoms with Crippen LogP contribution in [0.4, 0.5) is 0 Å². The Balaban J connectivity index is 2.24. The Morgan fingerprint density at radius 2 is 2.05 bits per heavy atom. The van der Waals surface area contributed by atoms with E-state index in [0.717, 1.165) is 23.6 Å². The van der Waals surface area contributed by atoms with Crippen LogP contribution in [-0.2, 0) is 0 Å². The van der Waals surface area contributed by atoms with Crippen molar-refractivity contribution in [2.75, 3.05) is 6.54 Å². The van der Waals surface area contributed by atoms with Gasteiger partial charge in [-0.25, -0.2) is 0 Å². The van der Waals surface area contributed by atoms with Gasteiger partial charge in [-0.15, -0.1) is 0 Å². The zero-order valence-corrected chi connectivity index (χ0v) is 12.7. The molecule has 0 aromatic heterocycles. The molecule has 0 heterocycles. The zero-order chi connectivity index (χ0) is 15.2. The number of nitriles is 1. The average Bonchev–Trinajstić information content (AvgIpc) is 2.50. The van der Waals surface area contributed by atoms with Gasteiger partial charge < -0.3 is 10.1 Å². The summed E-state index contributed by atoms with van der Waals surface area (Å²) in [5.41, 5.74) is 2.80. The first-order valence-electron chi connectivity index (χ1n) is 7.16. The van der Waals surface area contributed by atoms with Gasteiger partial charge in [0.25, 0.3) is 0 Å². The zero-order valence-electron chi connectivity index (χ0n) is 12.7. The molecule has 0 saturated heterocycles. The summed E-state index contributed by atoms with van der Waals surface area (Å²) in [6.07, 6.45) is 0. The third kappa shape index (κ3) is 3.84. The highest BCUT2D eigenvalue weighted by Crippen LogP contribution is 2.27. The second kappa shape index (κ2) is 6.92. The fourth-order valence-corrected chi connectivity index (χ4v) is 2.18. The number of aryl methyl sites for hydroxylation is 1. The van der Waals surface area contributed by atoms with Crippen molar-refractivity contribution in [3.63, 3.8) is 0 Å². The van der Waals surface area contributed by atoms with Crippen LogP contribution in [0.25, 0.3) is 0 Å². The van der Waals surface area contributed by atoms with E-state index >= 15 is 0 Å². The summed E-state index contributed by atoms with van der Waals surface area (Å²) in [5, 5.41) is 12.4. The van der Waals surface area contributed by atoms with E-state index in [1.807, 2.05) is 31.2 Å². The predicted molar refractivity (Wildman–Crippen MR) is 84.5 cm³/mol. The van der Waals surface area contributed by atoms with Crippen molar-refractivity contribution in [3.8, 4) is 17.6 Å². The Labute approximate surface area is 126 Å². The first-order chi connectivity index (χ1) is 10.1. The van der Waals surface area contributed by atoms with Crippen LogP contribution in [0.1, 0.15) is 36.6 Å². The minimum Gasteiger partial charge on any atom is -0.457 e. The molecule has 0 aliphatic heterocycles. The van der Waals surface area contributed by atoms with Crippen molar-refractivity contribution in [2.24, 2.45) is 0 Å². The van der Waals surface area contributed by atoms with Gasteiger partial charge in [0.05, 0.1) is 11.6 Å². The van der Waals surface area contributed by atoms with Crippen molar-refractivity contribution in [1.82, 2.24) is 5.32 Å². The number of hydrogen-bond acceptors (Lipinski definition) is 3. The molecule has 0 bridgehead atoms. The predicted octanol–water partition coefficient (Wildman–Crippen LogP) is 4.33. The summed E-state index contributed by atoms with van der Waals surface area (Å²) in [4.78, 5) is 0. The van der Waals surface area contributed by atoms with Crippen molar-refractivity contribution >= 4 is 0 Å². The number of nitrogens with one attached hydrogen (secondary N) is 1. The molecule has 0 saturated carbocycles. The molecule has 3 nitrogen and oxygen atoms in total. The van der Waals surface area contributed by atoms with E-state index in [1.54, 1.807) is 12.1 Å². The van der Waals surface area contributed by atoms with Gasteiger partial charge in [-0.1, -0.05) is 25.1 Å². The molecule has 1 N–H and O–H groups in total. The molecule has 2 rings (SSSR count). The third-order valence-corrected chi connectivity index (χ3v) is 3.41. The summed E-state index contributed by atoms with van der Waals surface area (Å²) in [7, 11) is 0. The van der Waals surface area contributed by atoms with E-state index in [2.05, 4.69) is 31.3 Å². The first kappa shape index (κ1) is 15.1. The number of nitrogens with zero attached hydrogens (tertiary/aromatic N) is 1. The molecule has 0 aliphatic carbocycles. The lowest BCUT2D eigenvalue weighted by molar-refractivity contribution is 0.476. The largest absolute Gasteiger partial charge is 0.457 e. The fourth-order valence-electron chi connectivity index (χ4n) is 2.18. The number of benzene rings is 2. The molecular formula is C18H20N2O. The Hall–Kier alpha value is -2.31. The van der Waals surface area contributed by atoms with Gasteiger partial charge >= 0.3 is 0 Å². The smallest absolute Gasteiger partial charge is 0.131 e. The van der Waals surface area contributed by atoms with Crippen LogP contribution in [0.15, 0.2) is 42.5 Å². The molecule has 3 heteroatoms. The van der Waals surface area contributed by atoms with Crippen molar-refractivity contribution in [3.05, 3.63) is 59.2 Å². The second-order valence-electron chi connectivity index (χ2n) is 5.05. The van der Waals surface area contributed by atoms with Gasteiger partial charge in [0.1, 0.15) is 11.5 Å². The molecule has 1 unspecified atom stereocenters. The second-order valence-corrected chi connectivity index (χ2v) is 5.05. The monoisotopic (exact) mass is 280 g/mol. The van der Waals surface area contributed by atoms with Crippen LogP contribution in [0, 0.1) is 18.3 Å². The van der Waals surface area contributed by atoms with Gasteiger partial charge in [-0.2, -0.15) is 5.26 Å². The lowest BCUT2D eigenvalue weighted by Crippen LogP contribution is -2.17. The van der Waals surface area contributed by atoms with E-state index in [9.17, 15) is 0 Å². The maximum Gasteiger partial charge on any atom is 0.131 e. The molecular weight excluding hydrogens is 260 g/mol.